The monoisotopic (exact) mass is 280 g/mol. The van der Waals surface area contributed by atoms with Gasteiger partial charge in [0.2, 0.25) is 0 Å². The quantitative estimate of drug-likeness (QED) is 0.775. The second kappa shape index (κ2) is 7.97. The maximum Gasteiger partial charge on any atom is 0.105 e. The lowest BCUT2D eigenvalue weighted by molar-refractivity contribution is 0.0904. The van der Waals surface area contributed by atoms with E-state index in [-0.39, 0.29) is 0 Å². The highest BCUT2D eigenvalue weighted by Crippen LogP contribution is 2.21. The zero-order chi connectivity index (χ0) is 15.2. The van der Waals surface area contributed by atoms with Crippen LogP contribution in [0.15, 0.2) is 0 Å². The summed E-state index contributed by atoms with van der Waals surface area (Å²) in [5.74, 6) is 0. The third kappa shape index (κ3) is 5.05. The first-order valence-corrected chi connectivity index (χ1v) is 7.98. The SMILES string of the molecule is CCCNC(C)(C#N)CC(C)N1CCCC(N(C)C)C1. The van der Waals surface area contributed by atoms with E-state index in [2.05, 4.69) is 49.1 Å². The van der Waals surface area contributed by atoms with Crippen LogP contribution in [0, 0.1) is 11.3 Å². The number of hydrogen-bond donors (Lipinski definition) is 1. The Balaban J connectivity index is 2.56. The van der Waals surface area contributed by atoms with Gasteiger partial charge in [0.05, 0.1) is 6.07 Å². The van der Waals surface area contributed by atoms with E-state index < -0.39 is 5.54 Å². The molecule has 1 N–H and O–H groups in total. The Labute approximate surface area is 125 Å². The van der Waals surface area contributed by atoms with E-state index in [4.69, 9.17) is 0 Å². The molecular weight excluding hydrogens is 248 g/mol. The van der Waals surface area contributed by atoms with Crippen molar-refractivity contribution in [1.82, 2.24) is 15.1 Å². The molecule has 3 atom stereocenters. The molecular formula is C16H32N4. The normalized spacial score (nSPS) is 25.1. The molecule has 0 saturated carbocycles. The van der Waals surface area contributed by atoms with Gasteiger partial charge in [0, 0.05) is 18.6 Å². The van der Waals surface area contributed by atoms with Crippen molar-refractivity contribution in [2.75, 3.05) is 33.7 Å². The van der Waals surface area contributed by atoms with Crippen LogP contribution in [0.3, 0.4) is 0 Å². The van der Waals surface area contributed by atoms with Crippen molar-refractivity contribution in [1.29, 1.82) is 5.26 Å². The lowest BCUT2D eigenvalue weighted by Crippen LogP contribution is -2.52. The van der Waals surface area contributed by atoms with Crippen LogP contribution < -0.4 is 5.32 Å². The Bertz CT molecular complexity index is 323. The number of nitrogens with one attached hydrogen (secondary N) is 1. The molecule has 0 bridgehead atoms. The summed E-state index contributed by atoms with van der Waals surface area (Å²) in [6, 6.07) is 3.58. The lowest BCUT2D eigenvalue weighted by atomic mass is 9.92. The van der Waals surface area contributed by atoms with Crippen LogP contribution in [-0.2, 0) is 0 Å². The minimum atomic E-state index is -0.402. The second-order valence-electron chi connectivity index (χ2n) is 6.68. The van der Waals surface area contributed by atoms with Crippen molar-refractivity contribution in [2.24, 2.45) is 0 Å². The van der Waals surface area contributed by atoms with Gasteiger partial charge in [0.1, 0.15) is 5.54 Å². The van der Waals surface area contributed by atoms with Gasteiger partial charge in [-0.15, -0.1) is 0 Å². The maximum atomic E-state index is 9.46. The Kier molecular flexibility index (Phi) is 6.94. The molecule has 1 heterocycles. The molecule has 20 heavy (non-hydrogen) atoms. The molecule has 0 aromatic rings. The predicted molar refractivity (Wildman–Crippen MR) is 84.7 cm³/mol. The number of likely N-dealkylation sites (tertiary alicyclic amines) is 1. The molecule has 0 radical (unpaired) electrons. The number of hydrogen-bond acceptors (Lipinski definition) is 4. The van der Waals surface area contributed by atoms with Gasteiger partial charge >= 0.3 is 0 Å². The Morgan fingerprint density at radius 3 is 2.75 bits per heavy atom. The highest BCUT2D eigenvalue weighted by molar-refractivity contribution is 5.05. The molecule has 0 amide bonds. The largest absolute Gasteiger partial charge is 0.305 e. The molecule has 0 aromatic heterocycles. The van der Waals surface area contributed by atoms with Crippen molar-refractivity contribution in [3.63, 3.8) is 0 Å². The standard InChI is InChI=1S/C16H32N4/c1-6-9-18-16(3,13-17)11-14(2)20-10-7-8-15(12-20)19(4)5/h14-15,18H,6-12H2,1-5H3. The fourth-order valence-electron chi connectivity index (χ4n) is 3.08. The molecule has 1 aliphatic rings. The summed E-state index contributed by atoms with van der Waals surface area (Å²) in [6.45, 7) is 9.65. The summed E-state index contributed by atoms with van der Waals surface area (Å²) in [5, 5.41) is 12.9. The highest BCUT2D eigenvalue weighted by Gasteiger charge is 2.31. The van der Waals surface area contributed by atoms with Crippen LogP contribution >= 0.6 is 0 Å². The molecule has 1 aliphatic heterocycles. The van der Waals surface area contributed by atoms with E-state index in [0.29, 0.717) is 12.1 Å². The smallest absolute Gasteiger partial charge is 0.105 e. The average Bonchev–Trinajstić information content (AvgIpc) is 2.45. The molecule has 1 fully saturated rings. The number of piperidine rings is 1. The van der Waals surface area contributed by atoms with Crippen molar-refractivity contribution in [2.45, 2.75) is 64.1 Å². The fraction of sp³-hybridized carbons (Fsp3) is 0.938. The molecule has 0 spiro atoms. The van der Waals surface area contributed by atoms with Crippen molar-refractivity contribution in [3.8, 4) is 6.07 Å². The number of likely N-dealkylation sites (N-methyl/N-ethyl adjacent to an activating group) is 1. The molecule has 1 rings (SSSR count). The minimum Gasteiger partial charge on any atom is -0.305 e. The third-order valence-corrected chi connectivity index (χ3v) is 4.50. The van der Waals surface area contributed by atoms with Crippen molar-refractivity contribution in [3.05, 3.63) is 0 Å². The zero-order valence-corrected chi connectivity index (χ0v) is 13.9. The number of nitriles is 1. The fourth-order valence-corrected chi connectivity index (χ4v) is 3.08. The van der Waals surface area contributed by atoms with E-state index in [1.54, 1.807) is 0 Å². The van der Waals surface area contributed by atoms with Crippen LogP contribution in [0.2, 0.25) is 0 Å². The van der Waals surface area contributed by atoms with Gasteiger partial charge in [0.25, 0.3) is 0 Å². The van der Waals surface area contributed by atoms with Crippen LogP contribution in [0.4, 0.5) is 0 Å². The Morgan fingerprint density at radius 1 is 1.50 bits per heavy atom. The molecule has 116 valence electrons. The first kappa shape index (κ1) is 17.4. The number of nitrogens with zero attached hydrogens (tertiary/aromatic N) is 3. The summed E-state index contributed by atoms with van der Waals surface area (Å²) < 4.78 is 0. The summed E-state index contributed by atoms with van der Waals surface area (Å²) in [6.07, 6.45) is 4.51. The summed E-state index contributed by atoms with van der Waals surface area (Å²) in [7, 11) is 4.34. The maximum absolute atomic E-state index is 9.46. The topological polar surface area (TPSA) is 42.3 Å². The van der Waals surface area contributed by atoms with Crippen LogP contribution in [0.25, 0.3) is 0 Å². The van der Waals surface area contributed by atoms with Gasteiger partial charge in [0.15, 0.2) is 0 Å². The van der Waals surface area contributed by atoms with Gasteiger partial charge in [-0.05, 0) is 66.7 Å². The van der Waals surface area contributed by atoms with Gasteiger partial charge in [-0.2, -0.15) is 5.26 Å². The molecule has 3 unspecified atom stereocenters. The number of rotatable bonds is 7. The van der Waals surface area contributed by atoms with E-state index in [0.717, 1.165) is 25.9 Å². The summed E-state index contributed by atoms with van der Waals surface area (Å²) in [5.41, 5.74) is -0.402. The van der Waals surface area contributed by atoms with Crippen LogP contribution in [0.5, 0.6) is 0 Å². The molecule has 4 nitrogen and oxygen atoms in total. The van der Waals surface area contributed by atoms with Crippen LogP contribution in [0.1, 0.15) is 46.5 Å². The molecule has 1 saturated heterocycles. The highest BCUT2D eigenvalue weighted by atomic mass is 15.2. The molecule has 4 heteroatoms. The van der Waals surface area contributed by atoms with Crippen molar-refractivity contribution < 1.29 is 0 Å². The minimum absolute atomic E-state index is 0.402. The predicted octanol–water partition coefficient (Wildman–Crippen LogP) is 2.07. The van der Waals surface area contributed by atoms with Gasteiger partial charge in [-0.25, -0.2) is 0 Å². The first-order chi connectivity index (χ1) is 9.41. The summed E-state index contributed by atoms with van der Waals surface area (Å²) >= 11 is 0. The van der Waals surface area contributed by atoms with Crippen LogP contribution in [-0.4, -0.2) is 61.2 Å². The molecule has 0 aliphatic carbocycles. The van der Waals surface area contributed by atoms with E-state index in [1.807, 2.05) is 6.92 Å². The van der Waals surface area contributed by atoms with E-state index >= 15 is 0 Å². The summed E-state index contributed by atoms with van der Waals surface area (Å²) in [4.78, 5) is 4.88. The van der Waals surface area contributed by atoms with E-state index in [1.165, 1.54) is 19.4 Å². The third-order valence-electron chi connectivity index (χ3n) is 4.50. The first-order valence-electron chi connectivity index (χ1n) is 7.98. The Hall–Kier alpha value is -0.630. The average molecular weight is 280 g/mol. The Morgan fingerprint density at radius 2 is 2.20 bits per heavy atom. The second-order valence-corrected chi connectivity index (χ2v) is 6.68. The zero-order valence-electron chi connectivity index (χ0n) is 13.9. The molecule has 0 aromatic carbocycles. The van der Waals surface area contributed by atoms with Gasteiger partial charge in [-0.3, -0.25) is 10.2 Å². The van der Waals surface area contributed by atoms with Gasteiger partial charge in [-0.1, -0.05) is 6.92 Å². The van der Waals surface area contributed by atoms with Gasteiger partial charge < -0.3 is 4.90 Å². The lowest BCUT2D eigenvalue weighted by Gasteiger charge is -2.41. The van der Waals surface area contributed by atoms with E-state index in [9.17, 15) is 5.26 Å². The van der Waals surface area contributed by atoms with Crippen molar-refractivity contribution >= 4 is 0 Å².